The van der Waals surface area contributed by atoms with Gasteiger partial charge in [0, 0.05) is 0 Å². The van der Waals surface area contributed by atoms with E-state index < -0.39 is 0 Å². The van der Waals surface area contributed by atoms with Crippen LogP contribution >= 0.6 is 23.2 Å². The fraction of sp³-hybridized carbons (Fsp3) is 0.500. The van der Waals surface area contributed by atoms with Crippen LogP contribution in [-0.2, 0) is 9.59 Å². The molecule has 12 heavy (non-hydrogen) atoms. The number of hydrogen-bond acceptors (Lipinski definition) is 2. The molecule has 0 saturated heterocycles. The summed E-state index contributed by atoms with van der Waals surface area (Å²) < 4.78 is 0. The molecular weight excluding hydrogens is 199 g/mol. The van der Waals surface area contributed by atoms with E-state index in [1.165, 1.54) is 0 Å². The predicted molar refractivity (Wildman–Crippen MR) is 47.1 cm³/mol. The highest BCUT2D eigenvalue weighted by atomic mass is 35.5. The van der Waals surface area contributed by atoms with Crippen LogP contribution in [0.3, 0.4) is 0 Å². The molecule has 0 spiro atoms. The van der Waals surface area contributed by atoms with Crippen LogP contribution in [0.15, 0.2) is 12.2 Å². The van der Waals surface area contributed by atoms with Crippen LogP contribution in [0.5, 0.6) is 0 Å². The normalized spacial score (nSPS) is 28.5. The molecule has 2 unspecified atom stereocenters. The molecule has 66 valence electrons. The van der Waals surface area contributed by atoms with E-state index in [4.69, 9.17) is 23.2 Å². The van der Waals surface area contributed by atoms with Crippen LogP contribution in [0.4, 0.5) is 0 Å². The Morgan fingerprint density at radius 1 is 1.00 bits per heavy atom. The number of halogens is 2. The van der Waals surface area contributed by atoms with Crippen molar-refractivity contribution in [1.82, 2.24) is 0 Å². The smallest absolute Gasteiger partial charge is 0.228 e. The summed E-state index contributed by atoms with van der Waals surface area (Å²) in [6, 6.07) is 0. The van der Waals surface area contributed by atoms with E-state index >= 15 is 0 Å². The summed E-state index contributed by atoms with van der Waals surface area (Å²) in [6.45, 7) is 0. The first-order valence-electron chi connectivity index (χ1n) is 3.68. The molecule has 0 heterocycles. The van der Waals surface area contributed by atoms with E-state index in [2.05, 4.69) is 0 Å². The van der Waals surface area contributed by atoms with Crippen LogP contribution < -0.4 is 0 Å². The minimum absolute atomic E-state index is 0.237. The first kappa shape index (κ1) is 9.75. The molecule has 0 aromatic carbocycles. The maximum atomic E-state index is 10.7. The predicted octanol–water partition coefficient (Wildman–Crippen LogP) is 2.10. The van der Waals surface area contributed by atoms with Crippen molar-refractivity contribution in [1.29, 1.82) is 0 Å². The van der Waals surface area contributed by atoms with Crippen molar-refractivity contribution in [3.63, 3.8) is 0 Å². The molecule has 2 atom stereocenters. The monoisotopic (exact) mass is 206 g/mol. The van der Waals surface area contributed by atoms with Crippen molar-refractivity contribution < 1.29 is 9.59 Å². The van der Waals surface area contributed by atoms with Gasteiger partial charge in [0.1, 0.15) is 0 Å². The Labute approximate surface area is 80.5 Å². The number of rotatable bonds is 2. The molecule has 0 aliphatic heterocycles. The van der Waals surface area contributed by atoms with Crippen molar-refractivity contribution in [2.75, 3.05) is 0 Å². The van der Waals surface area contributed by atoms with E-state index in [1.54, 1.807) is 12.2 Å². The third-order valence-corrected chi connectivity index (χ3v) is 2.51. The Bertz CT molecular complexity index is 211. The van der Waals surface area contributed by atoms with E-state index in [9.17, 15) is 9.59 Å². The Morgan fingerprint density at radius 3 is 1.50 bits per heavy atom. The molecule has 4 heteroatoms. The van der Waals surface area contributed by atoms with Gasteiger partial charge in [0.05, 0.1) is 11.8 Å². The van der Waals surface area contributed by atoms with Gasteiger partial charge in [-0.1, -0.05) is 12.2 Å². The molecule has 0 bridgehead atoms. The number of carbonyl (C=O) groups is 2. The van der Waals surface area contributed by atoms with Gasteiger partial charge in [0.2, 0.25) is 10.5 Å². The van der Waals surface area contributed by atoms with Crippen LogP contribution in [0, 0.1) is 11.8 Å². The van der Waals surface area contributed by atoms with Crippen LogP contribution in [0.1, 0.15) is 12.8 Å². The second-order valence-corrected chi connectivity index (χ2v) is 3.53. The fourth-order valence-corrected chi connectivity index (χ4v) is 1.56. The molecule has 0 aromatic rings. The second-order valence-electron chi connectivity index (χ2n) is 2.78. The summed E-state index contributed by atoms with van der Waals surface area (Å²) in [5.74, 6) is -0.474. The lowest BCUT2D eigenvalue weighted by Crippen LogP contribution is -2.16. The topological polar surface area (TPSA) is 34.1 Å². The molecule has 0 amide bonds. The van der Waals surface area contributed by atoms with E-state index in [0.717, 1.165) is 0 Å². The first-order valence-corrected chi connectivity index (χ1v) is 4.44. The van der Waals surface area contributed by atoms with E-state index in [-0.39, 0.29) is 22.3 Å². The van der Waals surface area contributed by atoms with Gasteiger partial charge in [-0.25, -0.2) is 0 Å². The van der Waals surface area contributed by atoms with Crippen molar-refractivity contribution in [3.8, 4) is 0 Å². The zero-order valence-electron chi connectivity index (χ0n) is 6.30. The number of carbonyl (C=O) groups excluding carboxylic acids is 2. The molecule has 0 aromatic heterocycles. The van der Waals surface area contributed by atoms with Gasteiger partial charge >= 0.3 is 0 Å². The summed E-state index contributed by atoms with van der Waals surface area (Å²) in [6.07, 6.45) is 4.54. The third kappa shape index (κ3) is 2.32. The van der Waals surface area contributed by atoms with Gasteiger partial charge in [0.25, 0.3) is 0 Å². The van der Waals surface area contributed by atoms with Crippen LogP contribution in [-0.4, -0.2) is 10.5 Å². The van der Waals surface area contributed by atoms with Gasteiger partial charge in [0.15, 0.2) is 0 Å². The van der Waals surface area contributed by atoms with Gasteiger partial charge < -0.3 is 0 Å². The Morgan fingerprint density at radius 2 is 1.33 bits per heavy atom. The van der Waals surface area contributed by atoms with Crippen LogP contribution in [0.25, 0.3) is 0 Å². The average molecular weight is 207 g/mol. The second kappa shape index (κ2) is 4.06. The zero-order chi connectivity index (χ0) is 9.14. The Hall–Kier alpha value is -0.340. The highest BCUT2D eigenvalue weighted by molar-refractivity contribution is 6.64. The zero-order valence-corrected chi connectivity index (χ0v) is 7.81. The standard InChI is InChI=1S/C8H8Cl2O2/c9-7(11)5-1-2-6(4-3-5)8(10)12/h1-2,5-6H,3-4H2. The molecule has 1 aliphatic rings. The molecular formula is C8H8Cl2O2. The third-order valence-electron chi connectivity index (χ3n) is 1.95. The van der Waals surface area contributed by atoms with Crippen molar-refractivity contribution in [2.24, 2.45) is 11.8 Å². The van der Waals surface area contributed by atoms with Gasteiger partial charge in [-0.3, -0.25) is 9.59 Å². The van der Waals surface area contributed by atoms with E-state index in [0.29, 0.717) is 12.8 Å². The Balaban J connectivity index is 2.59. The fourth-order valence-electron chi connectivity index (χ4n) is 1.20. The van der Waals surface area contributed by atoms with Crippen LogP contribution in [0.2, 0.25) is 0 Å². The minimum Gasteiger partial charge on any atom is -0.281 e. The van der Waals surface area contributed by atoms with Crippen molar-refractivity contribution in [3.05, 3.63) is 12.2 Å². The largest absolute Gasteiger partial charge is 0.281 e. The lowest BCUT2D eigenvalue weighted by molar-refractivity contribution is -0.116. The van der Waals surface area contributed by atoms with Crippen molar-refractivity contribution in [2.45, 2.75) is 12.8 Å². The van der Waals surface area contributed by atoms with Crippen molar-refractivity contribution >= 4 is 33.7 Å². The number of allylic oxidation sites excluding steroid dienone is 2. The molecule has 1 rings (SSSR count). The van der Waals surface area contributed by atoms with Gasteiger partial charge in [-0.05, 0) is 36.0 Å². The van der Waals surface area contributed by atoms with Gasteiger partial charge in [-0.15, -0.1) is 0 Å². The minimum atomic E-state index is -0.369. The van der Waals surface area contributed by atoms with E-state index in [1.807, 2.05) is 0 Å². The summed E-state index contributed by atoms with van der Waals surface area (Å²) >= 11 is 10.6. The molecule has 0 radical (unpaired) electrons. The van der Waals surface area contributed by atoms with Gasteiger partial charge in [-0.2, -0.15) is 0 Å². The summed E-state index contributed by atoms with van der Waals surface area (Å²) in [7, 11) is 0. The maximum absolute atomic E-state index is 10.7. The molecule has 1 aliphatic carbocycles. The average Bonchev–Trinajstić information content (AvgIpc) is 2.04. The summed E-state index contributed by atoms with van der Waals surface area (Å²) in [5, 5.41) is -0.738. The Kier molecular flexibility index (Phi) is 3.29. The summed E-state index contributed by atoms with van der Waals surface area (Å²) in [4.78, 5) is 21.3. The molecule has 0 fully saturated rings. The lowest BCUT2D eigenvalue weighted by Gasteiger charge is -2.16. The first-order chi connectivity index (χ1) is 5.61. The molecule has 0 N–H and O–H groups in total. The molecule has 2 nitrogen and oxygen atoms in total. The summed E-state index contributed by atoms with van der Waals surface area (Å²) in [5.41, 5.74) is 0. The quantitative estimate of drug-likeness (QED) is 0.513. The highest BCUT2D eigenvalue weighted by Gasteiger charge is 2.23. The lowest BCUT2D eigenvalue weighted by atomic mass is 9.90. The maximum Gasteiger partial charge on any atom is 0.228 e. The number of hydrogen-bond donors (Lipinski definition) is 0. The molecule has 0 saturated carbocycles. The highest BCUT2D eigenvalue weighted by Crippen LogP contribution is 2.25. The SMILES string of the molecule is O=C(Cl)C1C=CC(C(=O)Cl)CC1.